The van der Waals surface area contributed by atoms with E-state index < -0.39 is 0 Å². The highest BCUT2D eigenvalue weighted by Gasteiger charge is 2.61. The van der Waals surface area contributed by atoms with E-state index in [9.17, 15) is 4.79 Å². The SMILES string of the molecule is COC(=O)[14CH]1C(C=C(C)C)C1(C)C. The van der Waals surface area contributed by atoms with Gasteiger partial charge in [0.25, 0.3) is 0 Å². The first kappa shape index (κ1) is 10.3. The van der Waals surface area contributed by atoms with Gasteiger partial charge in [0, 0.05) is 0 Å². The van der Waals surface area contributed by atoms with Gasteiger partial charge in [-0.2, -0.15) is 0 Å². The number of esters is 1. The maximum atomic E-state index is 11.3. The number of hydrogen-bond acceptors (Lipinski definition) is 2. The van der Waals surface area contributed by atoms with Crippen LogP contribution in [-0.2, 0) is 9.53 Å². The van der Waals surface area contributed by atoms with Crippen molar-refractivity contribution in [3.05, 3.63) is 11.6 Å². The molecule has 1 rings (SSSR count). The Morgan fingerprint density at radius 2 is 2.00 bits per heavy atom. The first-order valence-electron chi connectivity index (χ1n) is 4.64. The molecule has 2 nitrogen and oxygen atoms in total. The number of carbonyl (C=O) groups excluding carboxylic acids is 1. The third-order valence-corrected chi connectivity index (χ3v) is 2.88. The summed E-state index contributed by atoms with van der Waals surface area (Å²) in [5.74, 6) is 0.352. The zero-order chi connectivity index (χ0) is 10.2. The predicted octanol–water partition coefficient (Wildman–Crippen LogP) is 2.40. The highest BCUT2D eigenvalue weighted by atomic mass is 16.5. The molecule has 0 heterocycles. The Hall–Kier alpha value is -0.790. The lowest BCUT2D eigenvalue weighted by atomic mass is 10.1. The van der Waals surface area contributed by atoms with Gasteiger partial charge in [-0.3, -0.25) is 4.79 Å². The van der Waals surface area contributed by atoms with Crippen LogP contribution in [0.15, 0.2) is 11.6 Å². The van der Waals surface area contributed by atoms with E-state index in [0.29, 0.717) is 5.92 Å². The highest BCUT2D eigenvalue weighted by molar-refractivity contribution is 5.78. The van der Waals surface area contributed by atoms with Crippen LogP contribution in [0.4, 0.5) is 0 Å². The highest BCUT2D eigenvalue weighted by Crippen LogP contribution is 2.59. The molecule has 0 aromatic carbocycles. The third-order valence-electron chi connectivity index (χ3n) is 2.88. The smallest absolute Gasteiger partial charge is 0.309 e. The molecule has 2 heteroatoms. The molecule has 0 radical (unpaired) electrons. The average molecular weight is 184 g/mol. The van der Waals surface area contributed by atoms with Crippen LogP contribution in [0.5, 0.6) is 0 Å². The summed E-state index contributed by atoms with van der Waals surface area (Å²) in [6.45, 7) is 8.34. The molecule has 2 atom stereocenters. The summed E-state index contributed by atoms with van der Waals surface area (Å²) in [5, 5.41) is 0. The zero-order valence-electron chi connectivity index (χ0n) is 9.05. The molecule has 13 heavy (non-hydrogen) atoms. The van der Waals surface area contributed by atoms with Crippen LogP contribution >= 0.6 is 0 Å². The Labute approximate surface area is 80.0 Å². The normalized spacial score (nSPS) is 29.3. The summed E-state index contributed by atoms with van der Waals surface area (Å²) in [6, 6.07) is 0. The molecular formula is C11H18O2. The maximum Gasteiger partial charge on any atom is 0.309 e. The maximum absolute atomic E-state index is 11.3. The number of ether oxygens (including phenoxy) is 1. The van der Waals surface area contributed by atoms with Crippen LogP contribution in [0.25, 0.3) is 0 Å². The summed E-state index contributed by atoms with van der Waals surface area (Å²) in [5.41, 5.74) is 1.36. The molecule has 2 unspecified atom stereocenters. The van der Waals surface area contributed by atoms with Crippen molar-refractivity contribution in [1.82, 2.24) is 0 Å². The van der Waals surface area contributed by atoms with E-state index in [2.05, 4.69) is 33.8 Å². The topological polar surface area (TPSA) is 26.3 Å². The average Bonchev–Trinajstić information content (AvgIpc) is 2.51. The molecule has 0 aromatic heterocycles. The summed E-state index contributed by atoms with van der Waals surface area (Å²) < 4.78 is 4.75. The van der Waals surface area contributed by atoms with Crippen molar-refractivity contribution in [2.45, 2.75) is 27.7 Å². The van der Waals surface area contributed by atoms with Gasteiger partial charge < -0.3 is 4.74 Å². The van der Waals surface area contributed by atoms with Crippen molar-refractivity contribution < 1.29 is 9.53 Å². The third kappa shape index (κ3) is 1.77. The lowest BCUT2D eigenvalue weighted by Gasteiger charge is -1.99. The Kier molecular flexibility index (Phi) is 2.51. The first-order valence-corrected chi connectivity index (χ1v) is 4.64. The number of carbonyl (C=O) groups is 1. The van der Waals surface area contributed by atoms with Crippen LogP contribution in [0.3, 0.4) is 0 Å². The van der Waals surface area contributed by atoms with Gasteiger partial charge >= 0.3 is 5.97 Å². The largest absolute Gasteiger partial charge is 0.469 e. The van der Waals surface area contributed by atoms with E-state index in [0.717, 1.165) is 0 Å². The van der Waals surface area contributed by atoms with Gasteiger partial charge in [0.2, 0.25) is 0 Å². The zero-order valence-corrected chi connectivity index (χ0v) is 9.05. The second-order valence-corrected chi connectivity index (χ2v) is 4.59. The van der Waals surface area contributed by atoms with Gasteiger partial charge in [-0.05, 0) is 25.2 Å². The minimum absolute atomic E-state index is 0.0624. The van der Waals surface area contributed by atoms with Gasteiger partial charge in [0.1, 0.15) is 0 Å². The summed E-state index contributed by atoms with van der Waals surface area (Å²) in [4.78, 5) is 11.3. The Balaban J connectivity index is 2.72. The number of hydrogen-bond donors (Lipinski definition) is 0. The number of methoxy groups -OCH3 is 1. The van der Waals surface area contributed by atoms with E-state index >= 15 is 0 Å². The molecule has 1 aliphatic rings. The van der Waals surface area contributed by atoms with Crippen LogP contribution in [0.2, 0.25) is 0 Å². The minimum Gasteiger partial charge on any atom is -0.469 e. The van der Waals surface area contributed by atoms with Gasteiger partial charge in [0.05, 0.1) is 13.0 Å². The molecule has 0 N–H and O–H groups in total. The van der Waals surface area contributed by atoms with Crippen LogP contribution in [0, 0.1) is 17.3 Å². The molecule has 0 amide bonds. The summed E-state index contributed by atoms with van der Waals surface area (Å²) >= 11 is 0. The minimum atomic E-state index is -0.0764. The van der Waals surface area contributed by atoms with E-state index in [1.54, 1.807) is 0 Å². The van der Waals surface area contributed by atoms with Crippen molar-refractivity contribution in [1.29, 1.82) is 0 Å². The van der Waals surface area contributed by atoms with Gasteiger partial charge in [0.15, 0.2) is 0 Å². The van der Waals surface area contributed by atoms with Gasteiger partial charge in [-0.1, -0.05) is 25.5 Å². The molecule has 1 saturated carbocycles. The monoisotopic (exact) mass is 184 g/mol. The van der Waals surface area contributed by atoms with E-state index in [1.165, 1.54) is 12.7 Å². The predicted molar refractivity (Wildman–Crippen MR) is 52.2 cm³/mol. The van der Waals surface area contributed by atoms with E-state index in [-0.39, 0.29) is 17.3 Å². The fourth-order valence-corrected chi connectivity index (χ4v) is 1.93. The lowest BCUT2D eigenvalue weighted by molar-refractivity contribution is -0.143. The molecule has 1 fully saturated rings. The lowest BCUT2D eigenvalue weighted by Crippen LogP contribution is -2.07. The van der Waals surface area contributed by atoms with Gasteiger partial charge in [-0.15, -0.1) is 0 Å². The first-order chi connectivity index (χ1) is 5.91. The molecule has 0 saturated heterocycles. The molecule has 0 spiro atoms. The number of allylic oxidation sites excluding steroid dienone is 2. The molecular weight excluding hydrogens is 166 g/mol. The van der Waals surface area contributed by atoms with E-state index in [4.69, 9.17) is 4.74 Å². The van der Waals surface area contributed by atoms with Crippen LogP contribution < -0.4 is 0 Å². The van der Waals surface area contributed by atoms with Crippen molar-refractivity contribution in [3.8, 4) is 0 Å². The molecule has 74 valence electrons. The van der Waals surface area contributed by atoms with Crippen molar-refractivity contribution in [3.63, 3.8) is 0 Å². The quantitative estimate of drug-likeness (QED) is 0.486. The van der Waals surface area contributed by atoms with Crippen molar-refractivity contribution in [2.24, 2.45) is 17.3 Å². The second kappa shape index (κ2) is 3.17. The molecule has 0 aromatic rings. The van der Waals surface area contributed by atoms with Crippen molar-refractivity contribution >= 4 is 5.97 Å². The van der Waals surface area contributed by atoms with Gasteiger partial charge in [-0.25, -0.2) is 0 Å². The molecule has 0 aliphatic heterocycles. The Bertz CT molecular complexity index is 247. The fourth-order valence-electron chi connectivity index (χ4n) is 1.93. The van der Waals surface area contributed by atoms with E-state index in [1.807, 2.05) is 0 Å². The van der Waals surface area contributed by atoms with Crippen molar-refractivity contribution in [2.75, 3.05) is 7.11 Å². The summed E-state index contributed by atoms with van der Waals surface area (Å²) in [6.07, 6.45) is 2.17. The van der Waals surface area contributed by atoms with Crippen LogP contribution in [0.1, 0.15) is 27.7 Å². The molecule has 1 aliphatic carbocycles. The van der Waals surface area contributed by atoms with Crippen LogP contribution in [-0.4, -0.2) is 13.1 Å². The molecule has 0 bridgehead atoms. The second-order valence-electron chi connectivity index (χ2n) is 4.59. The Morgan fingerprint density at radius 1 is 1.46 bits per heavy atom. The number of rotatable bonds is 2. The Morgan fingerprint density at radius 3 is 2.38 bits per heavy atom. The fraction of sp³-hybridized carbons (Fsp3) is 0.727. The summed E-state index contributed by atoms with van der Waals surface area (Å²) in [7, 11) is 1.45. The standard InChI is InChI=1S/C11H18O2/c1-7(2)6-8-9(10(12)13-5)11(8,3)4/h6,8-9H,1-5H3/i9+2.